The van der Waals surface area contributed by atoms with Crippen molar-refractivity contribution >= 4 is 5.91 Å². The number of nitrogens with zero attached hydrogens (tertiary/aromatic N) is 1. The van der Waals surface area contributed by atoms with Crippen molar-refractivity contribution in [3.63, 3.8) is 0 Å². The van der Waals surface area contributed by atoms with Gasteiger partial charge < -0.3 is 9.47 Å². The van der Waals surface area contributed by atoms with Crippen LogP contribution in [0.25, 0.3) is 0 Å². The smallest absolute Gasteiger partial charge is 0.265 e. The Balaban J connectivity index is 2.02. The number of amides is 1. The van der Waals surface area contributed by atoms with Crippen molar-refractivity contribution in [1.29, 1.82) is 0 Å². The predicted octanol–water partition coefficient (Wildman–Crippen LogP) is 0.136. The van der Waals surface area contributed by atoms with Crippen molar-refractivity contribution in [1.82, 2.24) is 10.3 Å². The first-order valence-corrected chi connectivity index (χ1v) is 6.55. The number of nitrogens with two attached hydrogens (primary N) is 1. The average molecular weight is 279 g/mol. The van der Waals surface area contributed by atoms with Gasteiger partial charge in [0.15, 0.2) is 0 Å². The third kappa shape index (κ3) is 3.34. The van der Waals surface area contributed by atoms with Gasteiger partial charge in [0.05, 0.1) is 12.2 Å². The van der Waals surface area contributed by atoms with E-state index >= 15 is 0 Å². The second kappa shape index (κ2) is 6.81. The fourth-order valence-corrected chi connectivity index (χ4v) is 2.55. The highest BCUT2D eigenvalue weighted by molar-refractivity contribution is 5.93. The van der Waals surface area contributed by atoms with Crippen LogP contribution in [-0.4, -0.2) is 50.3 Å². The lowest BCUT2D eigenvalue weighted by atomic mass is 10.1. The quantitative estimate of drug-likeness (QED) is 0.455. The maximum Gasteiger partial charge on any atom is 0.265 e. The molecular weight excluding hydrogens is 258 g/mol. The molecule has 1 saturated heterocycles. The number of benzene rings is 1. The van der Waals surface area contributed by atoms with Crippen molar-refractivity contribution < 1.29 is 14.3 Å². The Labute approximate surface area is 118 Å². The number of rotatable bonds is 5. The molecule has 6 nitrogen and oxygen atoms in total. The Bertz CT molecular complexity index is 455. The summed E-state index contributed by atoms with van der Waals surface area (Å²) in [6, 6.07) is 7.45. The predicted molar refractivity (Wildman–Crippen MR) is 75.0 cm³/mol. The van der Waals surface area contributed by atoms with E-state index in [0.29, 0.717) is 5.56 Å². The molecule has 1 aliphatic heterocycles. The van der Waals surface area contributed by atoms with E-state index in [9.17, 15) is 4.79 Å². The Morgan fingerprint density at radius 1 is 1.35 bits per heavy atom. The van der Waals surface area contributed by atoms with Crippen LogP contribution in [0.4, 0.5) is 0 Å². The summed E-state index contributed by atoms with van der Waals surface area (Å²) in [7, 11) is 3.40. The number of hydrogen-bond donors (Lipinski definition) is 2. The summed E-state index contributed by atoms with van der Waals surface area (Å²) < 4.78 is 10.8. The molecule has 0 bridgehead atoms. The highest BCUT2D eigenvalue weighted by Gasteiger charge is 2.32. The summed E-state index contributed by atoms with van der Waals surface area (Å²) in [5.41, 5.74) is 3.77. The van der Waals surface area contributed by atoms with Crippen molar-refractivity contribution in [2.24, 2.45) is 5.84 Å². The molecule has 1 amide bonds. The highest BCUT2D eigenvalue weighted by atomic mass is 16.5. The van der Waals surface area contributed by atoms with E-state index in [0.717, 1.165) is 25.2 Å². The van der Waals surface area contributed by atoms with Crippen LogP contribution in [-0.2, 0) is 16.0 Å². The summed E-state index contributed by atoms with van der Waals surface area (Å²) >= 11 is 0. The lowest BCUT2D eigenvalue weighted by molar-refractivity contribution is -0.00461. The maximum absolute atomic E-state index is 11.5. The SMILES string of the molecule is COC1CN(Cc2cccc(C(=O)NN)c2)CC1OC. The molecule has 110 valence electrons. The standard InChI is InChI=1S/C14H21N3O3/c1-19-12-8-17(9-13(12)20-2)7-10-4-3-5-11(6-10)14(18)16-15/h3-6,12-13H,7-9,15H2,1-2H3,(H,16,18). The summed E-state index contributed by atoms with van der Waals surface area (Å²) in [4.78, 5) is 13.8. The lowest BCUT2D eigenvalue weighted by Gasteiger charge is -2.15. The van der Waals surface area contributed by atoms with Crippen molar-refractivity contribution in [3.8, 4) is 0 Å². The highest BCUT2D eigenvalue weighted by Crippen LogP contribution is 2.18. The number of likely N-dealkylation sites (tertiary alicyclic amines) is 1. The topological polar surface area (TPSA) is 76.8 Å². The van der Waals surface area contributed by atoms with Crippen molar-refractivity contribution in [3.05, 3.63) is 35.4 Å². The van der Waals surface area contributed by atoms with E-state index < -0.39 is 0 Å². The normalized spacial score (nSPS) is 22.9. The lowest BCUT2D eigenvalue weighted by Crippen LogP contribution is -2.30. The largest absolute Gasteiger partial charge is 0.377 e. The third-order valence-electron chi connectivity index (χ3n) is 3.62. The van der Waals surface area contributed by atoms with E-state index in [1.807, 2.05) is 18.2 Å². The first-order chi connectivity index (χ1) is 9.67. The van der Waals surface area contributed by atoms with Gasteiger partial charge in [-0.25, -0.2) is 5.84 Å². The van der Waals surface area contributed by atoms with Crippen LogP contribution in [0.1, 0.15) is 15.9 Å². The second-order valence-electron chi connectivity index (χ2n) is 4.92. The number of nitrogens with one attached hydrogen (secondary N) is 1. The van der Waals surface area contributed by atoms with Gasteiger partial charge in [0.2, 0.25) is 0 Å². The van der Waals surface area contributed by atoms with Gasteiger partial charge in [0, 0.05) is 39.4 Å². The Morgan fingerprint density at radius 3 is 2.55 bits per heavy atom. The number of ether oxygens (including phenoxy) is 2. The van der Waals surface area contributed by atoms with E-state index in [4.69, 9.17) is 15.3 Å². The molecule has 0 aliphatic carbocycles. The zero-order valence-corrected chi connectivity index (χ0v) is 11.8. The van der Waals surface area contributed by atoms with E-state index in [1.165, 1.54) is 0 Å². The fraction of sp³-hybridized carbons (Fsp3) is 0.500. The number of nitrogen functional groups attached to an aromatic ring is 1. The molecular formula is C14H21N3O3. The van der Waals surface area contributed by atoms with Gasteiger partial charge in [0.25, 0.3) is 5.91 Å². The minimum absolute atomic E-state index is 0.0931. The summed E-state index contributed by atoms with van der Waals surface area (Å²) in [6.45, 7) is 2.40. The zero-order chi connectivity index (χ0) is 14.5. The van der Waals surface area contributed by atoms with Gasteiger partial charge in [-0.15, -0.1) is 0 Å². The van der Waals surface area contributed by atoms with Gasteiger partial charge in [0.1, 0.15) is 0 Å². The van der Waals surface area contributed by atoms with Gasteiger partial charge in [-0.2, -0.15) is 0 Å². The van der Waals surface area contributed by atoms with Crippen LogP contribution in [0.2, 0.25) is 0 Å². The molecule has 0 radical (unpaired) electrons. The van der Waals surface area contributed by atoms with Crippen molar-refractivity contribution in [2.75, 3.05) is 27.3 Å². The number of hydrogen-bond acceptors (Lipinski definition) is 5. The molecule has 1 aliphatic rings. The third-order valence-corrected chi connectivity index (χ3v) is 3.62. The van der Waals surface area contributed by atoms with Crippen LogP contribution in [0.3, 0.4) is 0 Å². The van der Waals surface area contributed by atoms with Crippen LogP contribution >= 0.6 is 0 Å². The molecule has 1 aromatic carbocycles. The van der Waals surface area contributed by atoms with Crippen LogP contribution in [0, 0.1) is 0 Å². The van der Waals surface area contributed by atoms with E-state index in [-0.39, 0.29) is 18.1 Å². The van der Waals surface area contributed by atoms with Crippen LogP contribution in [0.5, 0.6) is 0 Å². The maximum atomic E-state index is 11.5. The molecule has 0 saturated carbocycles. The molecule has 1 aromatic rings. The zero-order valence-electron chi connectivity index (χ0n) is 11.8. The van der Waals surface area contributed by atoms with E-state index in [2.05, 4.69) is 10.3 Å². The van der Waals surface area contributed by atoms with Gasteiger partial charge >= 0.3 is 0 Å². The molecule has 2 unspecified atom stereocenters. The summed E-state index contributed by atoms with van der Waals surface area (Å²) in [6.07, 6.45) is 0.186. The minimum Gasteiger partial charge on any atom is -0.377 e. The fourth-order valence-electron chi connectivity index (χ4n) is 2.55. The van der Waals surface area contributed by atoms with Gasteiger partial charge in [-0.05, 0) is 17.7 Å². The first-order valence-electron chi connectivity index (χ1n) is 6.55. The Morgan fingerprint density at radius 2 is 2.00 bits per heavy atom. The van der Waals surface area contributed by atoms with Gasteiger partial charge in [-0.3, -0.25) is 15.1 Å². The molecule has 6 heteroatoms. The van der Waals surface area contributed by atoms with Crippen LogP contribution < -0.4 is 11.3 Å². The first kappa shape index (κ1) is 14.9. The molecule has 2 rings (SSSR count). The summed E-state index contributed by atoms with van der Waals surface area (Å²) in [5.74, 6) is 4.87. The molecule has 3 N–H and O–H groups in total. The number of carbonyl (C=O) groups is 1. The monoisotopic (exact) mass is 279 g/mol. The second-order valence-corrected chi connectivity index (χ2v) is 4.92. The van der Waals surface area contributed by atoms with Crippen LogP contribution in [0.15, 0.2) is 24.3 Å². The summed E-state index contributed by atoms with van der Waals surface area (Å²) in [5, 5.41) is 0. The Kier molecular flexibility index (Phi) is 5.08. The average Bonchev–Trinajstić information content (AvgIpc) is 2.88. The molecule has 0 spiro atoms. The molecule has 0 aromatic heterocycles. The number of hydrazine groups is 1. The van der Waals surface area contributed by atoms with Crippen molar-refractivity contribution in [2.45, 2.75) is 18.8 Å². The molecule has 1 fully saturated rings. The molecule has 1 heterocycles. The van der Waals surface area contributed by atoms with E-state index in [1.54, 1.807) is 20.3 Å². The van der Waals surface area contributed by atoms with Gasteiger partial charge in [-0.1, -0.05) is 12.1 Å². The molecule has 20 heavy (non-hydrogen) atoms. The Hall–Kier alpha value is -1.47. The number of carbonyl (C=O) groups excluding carboxylic acids is 1. The number of methoxy groups -OCH3 is 2. The molecule has 2 atom stereocenters. The minimum atomic E-state index is -0.280.